The molecule has 0 N–H and O–H groups in total. The van der Waals surface area contributed by atoms with E-state index < -0.39 is 0 Å². The summed E-state index contributed by atoms with van der Waals surface area (Å²) < 4.78 is 6.19. The number of piperidine rings is 3. The van der Waals surface area contributed by atoms with Gasteiger partial charge in [0.2, 0.25) is 5.88 Å². The minimum Gasteiger partial charge on any atom is -0.471 e. The van der Waals surface area contributed by atoms with Crippen molar-refractivity contribution in [3.8, 4) is 16.5 Å². The molecule has 0 aliphatic carbocycles. The van der Waals surface area contributed by atoms with Crippen molar-refractivity contribution in [1.82, 2.24) is 15.1 Å². The quantitative estimate of drug-likeness (QED) is 0.870. The van der Waals surface area contributed by atoms with E-state index in [0.717, 1.165) is 10.6 Å². The summed E-state index contributed by atoms with van der Waals surface area (Å²) in [7, 11) is 0. The number of ether oxygens (including phenoxy) is 1. The molecule has 2 bridgehead atoms. The molecule has 5 heterocycles. The van der Waals surface area contributed by atoms with Gasteiger partial charge in [-0.15, -0.1) is 21.5 Å². The summed E-state index contributed by atoms with van der Waals surface area (Å²) in [6.07, 6.45) is 2.75. The zero-order valence-corrected chi connectivity index (χ0v) is 13.8. The molecule has 5 heteroatoms. The van der Waals surface area contributed by atoms with Gasteiger partial charge in [-0.1, -0.05) is 0 Å². The van der Waals surface area contributed by atoms with Gasteiger partial charge < -0.3 is 4.74 Å². The summed E-state index contributed by atoms with van der Waals surface area (Å²) in [4.78, 5) is 4.98. The lowest BCUT2D eigenvalue weighted by Crippen LogP contribution is -2.58. The maximum absolute atomic E-state index is 6.19. The van der Waals surface area contributed by atoms with Crippen molar-refractivity contribution in [3.05, 3.63) is 29.1 Å². The van der Waals surface area contributed by atoms with Gasteiger partial charge >= 0.3 is 0 Å². The second-order valence-electron chi connectivity index (χ2n) is 6.36. The molecule has 2 atom stereocenters. The molecule has 116 valence electrons. The second kappa shape index (κ2) is 5.63. The molecule has 0 amide bonds. The van der Waals surface area contributed by atoms with Gasteiger partial charge in [0.1, 0.15) is 11.8 Å². The molecule has 0 aromatic carbocycles. The van der Waals surface area contributed by atoms with Gasteiger partial charge in [-0.2, -0.15) is 0 Å². The number of aryl methyl sites for hydroxylation is 1. The summed E-state index contributed by atoms with van der Waals surface area (Å²) in [6, 6.07) is 8.66. The highest BCUT2D eigenvalue weighted by Gasteiger charge is 2.41. The minimum atomic E-state index is 0.256. The molecular weight excluding hydrogens is 294 g/mol. The van der Waals surface area contributed by atoms with Gasteiger partial charge in [-0.3, -0.25) is 4.90 Å². The van der Waals surface area contributed by atoms with Crippen LogP contribution in [0.25, 0.3) is 10.6 Å². The molecule has 3 aliphatic rings. The highest BCUT2D eigenvalue weighted by atomic mass is 32.1. The van der Waals surface area contributed by atoms with E-state index in [1.165, 1.54) is 30.8 Å². The molecule has 4 nitrogen and oxygen atoms in total. The van der Waals surface area contributed by atoms with Crippen LogP contribution in [0.3, 0.4) is 0 Å². The maximum atomic E-state index is 6.19. The Labute approximate surface area is 135 Å². The average Bonchev–Trinajstić information content (AvgIpc) is 2.98. The van der Waals surface area contributed by atoms with Crippen LogP contribution < -0.4 is 4.74 Å². The number of hydrogen-bond acceptors (Lipinski definition) is 5. The van der Waals surface area contributed by atoms with E-state index in [9.17, 15) is 0 Å². The third-order valence-electron chi connectivity index (χ3n) is 4.98. The van der Waals surface area contributed by atoms with E-state index in [-0.39, 0.29) is 6.10 Å². The third-order valence-corrected chi connectivity index (χ3v) is 6.00. The van der Waals surface area contributed by atoms with E-state index in [0.29, 0.717) is 17.8 Å². The van der Waals surface area contributed by atoms with Gasteiger partial charge in [0.15, 0.2) is 0 Å². The van der Waals surface area contributed by atoms with Crippen LogP contribution in [0.2, 0.25) is 0 Å². The van der Waals surface area contributed by atoms with Crippen LogP contribution in [-0.2, 0) is 0 Å². The number of fused-ring (bicyclic) bond motifs is 3. The molecule has 22 heavy (non-hydrogen) atoms. The van der Waals surface area contributed by atoms with Crippen molar-refractivity contribution in [2.75, 3.05) is 13.1 Å². The van der Waals surface area contributed by atoms with E-state index in [4.69, 9.17) is 4.74 Å². The largest absolute Gasteiger partial charge is 0.471 e. The van der Waals surface area contributed by atoms with E-state index in [1.54, 1.807) is 11.3 Å². The fraction of sp³-hybridized carbons (Fsp3) is 0.529. The molecule has 3 fully saturated rings. The Morgan fingerprint density at radius 3 is 2.55 bits per heavy atom. The molecular formula is C17H21N3OS. The topological polar surface area (TPSA) is 38.2 Å². The van der Waals surface area contributed by atoms with Crippen LogP contribution in [0.1, 0.15) is 24.6 Å². The lowest BCUT2D eigenvalue weighted by molar-refractivity contribution is -0.0528. The first kappa shape index (κ1) is 14.2. The van der Waals surface area contributed by atoms with Gasteiger partial charge in [-0.05, 0) is 63.9 Å². The summed E-state index contributed by atoms with van der Waals surface area (Å²) >= 11 is 1.74. The van der Waals surface area contributed by atoms with Crippen LogP contribution in [0.4, 0.5) is 0 Å². The summed E-state index contributed by atoms with van der Waals surface area (Å²) in [5.74, 6) is 1.32. The molecule has 0 spiro atoms. The van der Waals surface area contributed by atoms with Crippen molar-refractivity contribution >= 4 is 11.3 Å². The lowest BCUT2D eigenvalue weighted by atomic mass is 9.81. The first-order valence-corrected chi connectivity index (χ1v) is 8.83. The number of nitrogens with zero attached hydrogens (tertiary/aromatic N) is 3. The minimum absolute atomic E-state index is 0.256. The Kier molecular flexibility index (Phi) is 3.62. The van der Waals surface area contributed by atoms with E-state index in [2.05, 4.69) is 41.1 Å². The first-order chi connectivity index (χ1) is 10.7. The monoisotopic (exact) mass is 315 g/mol. The standard InChI is InChI=1S/C17H21N3OS/c1-11-3-5-15(22-11)14-4-6-16(19-18-14)21-17-12(2)20-9-7-13(17)8-10-20/h3-6,12-13,17H,7-10H2,1-2H3/t12-,17-/m0/s1. The Morgan fingerprint density at radius 2 is 1.95 bits per heavy atom. The predicted octanol–water partition coefficient (Wildman–Crippen LogP) is 3.38. The molecule has 0 unspecified atom stereocenters. The van der Waals surface area contributed by atoms with Crippen molar-refractivity contribution < 1.29 is 4.74 Å². The molecule has 0 saturated carbocycles. The smallest absolute Gasteiger partial charge is 0.233 e. The maximum Gasteiger partial charge on any atom is 0.233 e. The van der Waals surface area contributed by atoms with Crippen LogP contribution in [0.15, 0.2) is 24.3 Å². The van der Waals surface area contributed by atoms with Crippen LogP contribution in [-0.4, -0.2) is 40.3 Å². The van der Waals surface area contributed by atoms with Crippen LogP contribution in [0, 0.1) is 12.8 Å². The third kappa shape index (κ3) is 2.52. The van der Waals surface area contributed by atoms with Crippen molar-refractivity contribution in [3.63, 3.8) is 0 Å². The fourth-order valence-corrected chi connectivity index (χ4v) is 4.51. The molecule has 3 aliphatic heterocycles. The zero-order valence-electron chi connectivity index (χ0n) is 13.0. The lowest BCUT2D eigenvalue weighted by Gasteiger charge is -2.48. The molecule has 2 aromatic rings. The Bertz CT molecular complexity index is 644. The van der Waals surface area contributed by atoms with Gasteiger partial charge in [0, 0.05) is 17.0 Å². The van der Waals surface area contributed by atoms with Crippen molar-refractivity contribution in [1.29, 1.82) is 0 Å². The predicted molar refractivity (Wildman–Crippen MR) is 88.3 cm³/mol. The Hall–Kier alpha value is -1.46. The van der Waals surface area contributed by atoms with Gasteiger partial charge in [-0.25, -0.2) is 0 Å². The average molecular weight is 315 g/mol. The molecule has 5 rings (SSSR count). The molecule has 2 aromatic heterocycles. The second-order valence-corrected chi connectivity index (χ2v) is 7.65. The Morgan fingerprint density at radius 1 is 1.14 bits per heavy atom. The first-order valence-electron chi connectivity index (χ1n) is 8.02. The van der Waals surface area contributed by atoms with Crippen LogP contribution >= 0.6 is 11.3 Å². The Balaban J connectivity index is 1.49. The van der Waals surface area contributed by atoms with Gasteiger partial charge in [0.05, 0.1) is 4.88 Å². The van der Waals surface area contributed by atoms with E-state index >= 15 is 0 Å². The summed E-state index contributed by atoms with van der Waals surface area (Å²) in [5.41, 5.74) is 0.924. The van der Waals surface area contributed by atoms with Gasteiger partial charge in [0.25, 0.3) is 0 Å². The molecule has 0 radical (unpaired) electrons. The van der Waals surface area contributed by atoms with E-state index in [1.807, 2.05) is 12.1 Å². The van der Waals surface area contributed by atoms with Crippen molar-refractivity contribution in [2.24, 2.45) is 5.92 Å². The fourth-order valence-electron chi connectivity index (χ4n) is 3.68. The zero-order chi connectivity index (χ0) is 15.1. The highest BCUT2D eigenvalue weighted by Crippen LogP contribution is 2.34. The number of aromatic nitrogens is 2. The van der Waals surface area contributed by atoms with Crippen LogP contribution in [0.5, 0.6) is 5.88 Å². The number of hydrogen-bond donors (Lipinski definition) is 0. The molecule has 3 saturated heterocycles. The summed E-state index contributed by atoms with van der Waals surface area (Å²) in [6.45, 7) is 6.81. The highest BCUT2D eigenvalue weighted by molar-refractivity contribution is 7.15. The van der Waals surface area contributed by atoms with Crippen molar-refractivity contribution in [2.45, 2.75) is 38.8 Å². The SMILES string of the molecule is Cc1ccc(-c2ccc(O[C@@H]3C4CCN(CC4)[C@H]3C)nn2)s1. The number of rotatable bonds is 3. The normalized spacial score (nSPS) is 30.5. The number of thiophene rings is 1. The summed E-state index contributed by atoms with van der Waals surface area (Å²) in [5, 5.41) is 8.63.